The van der Waals surface area contributed by atoms with E-state index in [0.29, 0.717) is 43.2 Å². The molecule has 6 rings (SSSR count). The first-order chi connectivity index (χ1) is 16.5. The van der Waals surface area contributed by atoms with E-state index in [1.54, 1.807) is 17.0 Å². The van der Waals surface area contributed by atoms with Gasteiger partial charge in [0.2, 0.25) is 0 Å². The smallest absolute Gasteiger partial charge is 0.193 e. The van der Waals surface area contributed by atoms with Gasteiger partial charge in [0.1, 0.15) is 24.1 Å². The van der Waals surface area contributed by atoms with Crippen molar-refractivity contribution in [3.05, 3.63) is 41.7 Å². The lowest BCUT2D eigenvalue weighted by molar-refractivity contribution is 0.00794. The number of morpholine rings is 1. The molecule has 3 aliphatic heterocycles. The number of hydrogen-bond acceptors (Lipinski definition) is 7. The van der Waals surface area contributed by atoms with Gasteiger partial charge in [-0.2, -0.15) is 0 Å². The van der Waals surface area contributed by atoms with Crippen LogP contribution < -0.4 is 9.64 Å². The molecule has 0 amide bonds. The molecule has 0 bridgehead atoms. The fourth-order valence-electron chi connectivity index (χ4n) is 4.75. The van der Waals surface area contributed by atoms with Crippen molar-refractivity contribution in [1.82, 2.24) is 9.97 Å². The number of nitrogens with one attached hydrogen (secondary N) is 1. The molecule has 180 valence electrons. The zero-order chi connectivity index (χ0) is 23.4. The molecule has 5 heterocycles. The predicted octanol–water partition coefficient (Wildman–Crippen LogP) is 2.39. The first-order valence-electron chi connectivity index (χ1n) is 11.1. The molecule has 3 saturated heterocycles. The topological polar surface area (TPSA) is 89.1 Å². The number of benzene rings is 1. The van der Waals surface area contributed by atoms with Gasteiger partial charge in [0, 0.05) is 25.2 Å². The highest BCUT2D eigenvalue weighted by Gasteiger charge is 2.48. The molecule has 0 aliphatic carbocycles. The van der Waals surface area contributed by atoms with Crippen LogP contribution in [0.2, 0.25) is 0 Å². The third kappa shape index (κ3) is 3.59. The van der Waals surface area contributed by atoms with Gasteiger partial charge in [-0.05, 0) is 12.1 Å². The number of ether oxygens (including phenoxy) is 4. The summed E-state index contributed by atoms with van der Waals surface area (Å²) in [6, 6.07) is 5.61. The first-order valence-corrected chi connectivity index (χ1v) is 11.1. The van der Waals surface area contributed by atoms with Crippen molar-refractivity contribution in [2.24, 2.45) is 0 Å². The first kappa shape index (κ1) is 21.7. The summed E-state index contributed by atoms with van der Waals surface area (Å²) in [6.45, 7) is 1.87. The van der Waals surface area contributed by atoms with Gasteiger partial charge in [-0.1, -0.05) is 0 Å². The number of aliphatic hydroxyl groups excluding tert-OH is 1. The normalized spacial score (nSPS) is 26.9. The Hall–Kier alpha value is -2.86. The maximum absolute atomic E-state index is 15.0. The third-order valence-corrected chi connectivity index (χ3v) is 6.46. The van der Waals surface area contributed by atoms with E-state index in [0.717, 1.165) is 6.07 Å². The molecule has 3 aromatic rings. The van der Waals surface area contributed by atoms with Crippen molar-refractivity contribution in [3.8, 4) is 17.1 Å². The molecule has 0 saturated carbocycles. The molecule has 11 heteroatoms. The van der Waals surface area contributed by atoms with Gasteiger partial charge in [0.05, 0.1) is 54.4 Å². The fourth-order valence-corrected chi connectivity index (χ4v) is 4.75. The molecule has 34 heavy (non-hydrogen) atoms. The molecule has 2 N–H and O–H groups in total. The van der Waals surface area contributed by atoms with Crippen LogP contribution in [-0.4, -0.2) is 79.0 Å². The highest BCUT2D eigenvalue weighted by atomic mass is 19.2. The number of rotatable bonds is 4. The van der Waals surface area contributed by atoms with Crippen LogP contribution in [0.3, 0.4) is 0 Å². The van der Waals surface area contributed by atoms with E-state index in [1.165, 1.54) is 6.07 Å². The van der Waals surface area contributed by atoms with Crippen LogP contribution in [0.4, 0.5) is 18.9 Å². The second-order valence-corrected chi connectivity index (χ2v) is 8.56. The molecule has 2 aromatic heterocycles. The van der Waals surface area contributed by atoms with Crippen LogP contribution in [-0.2, 0) is 14.2 Å². The number of anilines is 1. The number of nitrogens with zero attached hydrogens (tertiary/aromatic N) is 2. The van der Waals surface area contributed by atoms with E-state index < -0.39 is 41.3 Å². The van der Waals surface area contributed by atoms with E-state index in [9.17, 15) is 13.9 Å². The van der Waals surface area contributed by atoms with Crippen molar-refractivity contribution < 1.29 is 37.2 Å². The molecular formula is C23H22F3N3O5. The Kier molecular flexibility index (Phi) is 5.36. The predicted molar refractivity (Wildman–Crippen MR) is 114 cm³/mol. The van der Waals surface area contributed by atoms with Crippen molar-refractivity contribution in [3.63, 3.8) is 0 Å². The van der Waals surface area contributed by atoms with Crippen LogP contribution in [0.25, 0.3) is 22.3 Å². The molecular weight excluding hydrogens is 455 g/mol. The summed E-state index contributed by atoms with van der Waals surface area (Å²) in [5.41, 5.74) is 0.281. The second kappa shape index (κ2) is 8.42. The number of hydrogen-bond donors (Lipinski definition) is 2. The minimum absolute atomic E-state index is 0.0352. The van der Waals surface area contributed by atoms with Crippen LogP contribution in [0.5, 0.6) is 5.88 Å². The summed E-state index contributed by atoms with van der Waals surface area (Å²) in [6.07, 6.45) is -1.93. The van der Waals surface area contributed by atoms with E-state index >= 15 is 4.39 Å². The van der Waals surface area contributed by atoms with Crippen molar-refractivity contribution in [1.29, 1.82) is 0 Å². The van der Waals surface area contributed by atoms with Crippen molar-refractivity contribution in [2.75, 3.05) is 44.4 Å². The summed E-state index contributed by atoms with van der Waals surface area (Å²) in [5, 5.41) is 9.87. The molecule has 0 spiro atoms. The maximum Gasteiger partial charge on any atom is 0.193 e. The van der Waals surface area contributed by atoms with Gasteiger partial charge >= 0.3 is 0 Å². The van der Waals surface area contributed by atoms with E-state index in [-0.39, 0.29) is 30.7 Å². The van der Waals surface area contributed by atoms with E-state index in [2.05, 4.69) is 9.97 Å². The molecule has 3 fully saturated rings. The molecule has 3 aliphatic rings. The number of pyridine rings is 1. The third-order valence-electron chi connectivity index (χ3n) is 6.46. The number of halogens is 3. The minimum atomic E-state index is -1.29. The van der Waals surface area contributed by atoms with Crippen LogP contribution >= 0.6 is 0 Å². The molecule has 4 atom stereocenters. The number of aliphatic hydroxyl groups is 1. The van der Waals surface area contributed by atoms with Gasteiger partial charge in [0.25, 0.3) is 0 Å². The molecule has 8 nitrogen and oxygen atoms in total. The average molecular weight is 477 g/mol. The second-order valence-electron chi connectivity index (χ2n) is 8.56. The Morgan fingerprint density at radius 1 is 1.03 bits per heavy atom. The Morgan fingerprint density at radius 2 is 1.82 bits per heavy atom. The molecule has 1 aromatic carbocycles. The fraction of sp³-hybridized carbons (Fsp3) is 0.435. The summed E-state index contributed by atoms with van der Waals surface area (Å²) >= 11 is 0. The monoisotopic (exact) mass is 477 g/mol. The average Bonchev–Trinajstić information content (AvgIpc) is 3.53. The summed E-state index contributed by atoms with van der Waals surface area (Å²) in [7, 11) is 0. The van der Waals surface area contributed by atoms with Gasteiger partial charge < -0.3 is 33.9 Å². The number of fused-ring (bicyclic) bond motifs is 2. The lowest BCUT2D eigenvalue weighted by Crippen LogP contribution is -2.37. The Balaban J connectivity index is 1.28. The lowest BCUT2D eigenvalue weighted by Gasteiger charge is -2.29. The maximum atomic E-state index is 15.0. The number of aromatic amines is 1. The van der Waals surface area contributed by atoms with Crippen molar-refractivity contribution in [2.45, 2.75) is 24.4 Å². The van der Waals surface area contributed by atoms with Gasteiger partial charge in [0.15, 0.2) is 23.6 Å². The van der Waals surface area contributed by atoms with Gasteiger partial charge in [-0.15, -0.1) is 0 Å². The summed E-state index contributed by atoms with van der Waals surface area (Å²) in [4.78, 5) is 8.94. The molecule has 2 unspecified atom stereocenters. The summed E-state index contributed by atoms with van der Waals surface area (Å²) in [5.74, 6) is -2.93. The minimum Gasteiger partial charge on any atom is -0.470 e. The zero-order valence-electron chi connectivity index (χ0n) is 18.0. The van der Waals surface area contributed by atoms with Crippen LogP contribution in [0, 0.1) is 17.5 Å². The van der Waals surface area contributed by atoms with Crippen molar-refractivity contribution >= 4 is 16.7 Å². The standard InChI is InChI=1S/C23H22F3N3O5/c24-11-7-15(29-3-5-31-6-4-29)20(25)21(26)19(11)13-2-1-12-14(27-13)8-18(28-12)34-17-10-33-22-16(30)9-32-23(17)22/h1-2,7-8,16-17,22-23,28,30H,3-6,9-10H2/t16-,17-,22?,23?/m1/s1. The Labute approximate surface area is 192 Å². The van der Waals surface area contributed by atoms with E-state index in [1.807, 2.05) is 0 Å². The van der Waals surface area contributed by atoms with Gasteiger partial charge in [-0.3, -0.25) is 0 Å². The number of aromatic nitrogens is 2. The SMILES string of the molecule is O[C@@H]1COC2C1OC[C@H]2Oc1cc2nc(-c3c(F)cc(N4CCOCC4)c(F)c3F)ccc2[nH]1. The quantitative estimate of drug-likeness (QED) is 0.558. The highest BCUT2D eigenvalue weighted by molar-refractivity contribution is 5.81. The van der Waals surface area contributed by atoms with Crippen LogP contribution in [0.1, 0.15) is 0 Å². The van der Waals surface area contributed by atoms with Gasteiger partial charge in [-0.25, -0.2) is 18.2 Å². The number of H-pyrrole nitrogens is 1. The largest absolute Gasteiger partial charge is 0.470 e. The van der Waals surface area contributed by atoms with E-state index in [4.69, 9.17) is 18.9 Å². The highest BCUT2D eigenvalue weighted by Crippen LogP contribution is 2.35. The molecule has 0 radical (unpaired) electrons. The Morgan fingerprint density at radius 3 is 2.65 bits per heavy atom. The lowest BCUT2D eigenvalue weighted by atomic mass is 10.1. The van der Waals surface area contributed by atoms with Crippen LogP contribution in [0.15, 0.2) is 24.3 Å². The summed E-state index contributed by atoms with van der Waals surface area (Å²) < 4.78 is 67.1. The zero-order valence-corrected chi connectivity index (χ0v) is 18.0. The Bertz CT molecular complexity index is 1230.